The van der Waals surface area contributed by atoms with Gasteiger partial charge in [0.2, 0.25) is 0 Å². The van der Waals surface area contributed by atoms with Crippen LogP contribution in [0.5, 0.6) is 0 Å². The number of fused-ring (bicyclic) bond motifs is 1. The highest BCUT2D eigenvalue weighted by molar-refractivity contribution is 5.22. The molecule has 0 heteroatoms. The van der Waals surface area contributed by atoms with Gasteiger partial charge in [-0.05, 0) is 36.5 Å². The summed E-state index contributed by atoms with van der Waals surface area (Å²) in [7, 11) is 0. The van der Waals surface area contributed by atoms with Gasteiger partial charge in [0.1, 0.15) is 0 Å². The van der Waals surface area contributed by atoms with Crippen LogP contribution in [0.25, 0.3) is 0 Å². The van der Waals surface area contributed by atoms with E-state index >= 15 is 0 Å². The zero-order valence-electron chi connectivity index (χ0n) is 8.02. The Morgan fingerprint density at radius 2 is 2.09 bits per heavy atom. The largest absolute Gasteiger partial charge is 0.0850 e. The maximum absolute atomic E-state index is 2.45. The van der Waals surface area contributed by atoms with Crippen LogP contribution in [-0.2, 0) is 0 Å². The highest BCUT2D eigenvalue weighted by Crippen LogP contribution is 2.66. The summed E-state index contributed by atoms with van der Waals surface area (Å²) in [5, 5.41) is 0. The van der Waals surface area contributed by atoms with Crippen LogP contribution in [-0.4, -0.2) is 0 Å². The van der Waals surface area contributed by atoms with Crippen molar-refractivity contribution in [2.24, 2.45) is 23.2 Å². The average molecular weight is 150 g/mol. The maximum Gasteiger partial charge on any atom is -0.0198 e. The molecule has 2 aliphatic rings. The van der Waals surface area contributed by atoms with E-state index in [1.165, 1.54) is 6.42 Å². The fourth-order valence-corrected chi connectivity index (χ4v) is 3.01. The first-order valence-corrected chi connectivity index (χ1v) is 4.72. The van der Waals surface area contributed by atoms with E-state index < -0.39 is 0 Å². The standard InChI is InChI=1S/C11H18/c1-7-5-6-9-10(8(7)2)11(9,3)4/h5,8-10H,6H2,1-4H3. The van der Waals surface area contributed by atoms with Crippen molar-refractivity contribution in [3.63, 3.8) is 0 Å². The van der Waals surface area contributed by atoms with Gasteiger partial charge in [0, 0.05) is 0 Å². The molecule has 0 heterocycles. The van der Waals surface area contributed by atoms with Crippen LogP contribution in [0.15, 0.2) is 11.6 Å². The van der Waals surface area contributed by atoms with Crippen LogP contribution in [0.1, 0.15) is 34.1 Å². The molecule has 3 atom stereocenters. The molecule has 2 aliphatic carbocycles. The summed E-state index contributed by atoms with van der Waals surface area (Å²) in [6.07, 6.45) is 3.79. The monoisotopic (exact) mass is 150 g/mol. The van der Waals surface area contributed by atoms with Gasteiger partial charge in [0.15, 0.2) is 0 Å². The first-order valence-electron chi connectivity index (χ1n) is 4.72. The lowest BCUT2D eigenvalue weighted by molar-refractivity contribution is 0.466. The van der Waals surface area contributed by atoms with Gasteiger partial charge in [-0.3, -0.25) is 0 Å². The summed E-state index contributed by atoms with van der Waals surface area (Å²) in [5.41, 5.74) is 2.27. The molecule has 0 aromatic heterocycles. The summed E-state index contributed by atoms with van der Waals surface area (Å²) >= 11 is 0. The molecule has 11 heavy (non-hydrogen) atoms. The molecule has 0 amide bonds. The summed E-state index contributed by atoms with van der Waals surface area (Å²) in [6, 6.07) is 0. The molecule has 0 aromatic rings. The van der Waals surface area contributed by atoms with Gasteiger partial charge in [-0.25, -0.2) is 0 Å². The highest BCUT2D eigenvalue weighted by atomic mass is 14.6. The molecule has 0 bridgehead atoms. The molecule has 0 radical (unpaired) electrons. The Bertz CT molecular complexity index is 210. The number of hydrogen-bond acceptors (Lipinski definition) is 0. The van der Waals surface area contributed by atoms with Gasteiger partial charge < -0.3 is 0 Å². The zero-order chi connectivity index (χ0) is 8.22. The third-order valence-electron chi connectivity index (χ3n) is 4.09. The third kappa shape index (κ3) is 0.816. The van der Waals surface area contributed by atoms with Gasteiger partial charge in [0.05, 0.1) is 0 Å². The van der Waals surface area contributed by atoms with Crippen LogP contribution in [0.2, 0.25) is 0 Å². The Morgan fingerprint density at radius 1 is 1.45 bits per heavy atom. The second-order valence-electron chi connectivity index (χ2n) is 4.93. The SMILES string of the molecule is CC1=CCC2C(C1C)C2(C)C. The highest BCUT2D eigenvalue weighted by Gasteiger charge is 2.60. The lowest BCUT2D eigenvalue weighted by atomic mass is 9.89. The number of rotatable bonds is 0. The normalized spacial score (nSPS) is 46.2. The minimum atomic E-state index is 0.647. The summed E-state index contributed by atoms with van der Waals surface area (Å²) in [6.45, 7) is 9.52. The molecule has 0 N–H and O–H groups in total. The van der Waals surface area contributed by atoms with Crippen LogP contribution in [0.3, 0.4) is 0 Å². The molecule has 1 saturated carbocycles. The first-order chi connectivity index (χ1) is 5.05. The minimum Gasteiger partial charge on any atom is -0.0850 e. The molecule has 0 saturated heterocycles. The molecule has 1 fully saturated rings. The molecular weight excluding hydrogens is 132 g/mol. The Labute approximate surface area is 69.7 Å². The number of hydrogen-bond donors (Lipinski definition) is 0. The van der Waals surface area contributed by atoms with E-state index in [-0.39, 0.29) is 0 Å². The zero-order valence-corrected chi connectivity index (χ0v) is 8.02. The lowest BCUT2D eigenvalue weighted by Crippen LogP contribution is -2.06. The van der Waals surface area contributed by atoms with Crippen molar-refractivity contribution in [2.75, 3.05) is 0 Å². The van der Waals surface area contributed by atoms with Gasteiger partial charge in [0.25, 0.3) is 0 Å². The Kier molecular flexibility index (Phi) is 1.28. The summed E-state index contributed by atoms with van der Waals surface area (Å²) in [5.74, 6) is 2.84. The minimum absolute atomic E-state index is 0.647. The lowest BCUT2D eigenvalue weighted by Gasteiger charge is -2.16. The van der Waals surface area contributed by atoms with E-state index in [9.17, 15) is 0 Å². The van der Waals surface area contributed by atoms with Gasteiger partial charge in [-0.1, -0.05) is 32.4 Å². The van der Waals surface area contributed by atoms with Crippen LogP contribution < -0.4 is 0 Å². The van der Waals surface area contributed by atoms with Crippen molar-refractivity contribution < 1.29 is 0 Å². The van der Waals surface area contributed by atoms with E-state index in [4.69, 9.17) is 0 Å². The first kappa shape index (κ1) is 7.39. The third-order valence-corrected chi connectivity index (χ3v) is 4.09. The van der Waals surface area contributed by atoms with Crippen molar-refractivity contribution in [3.05, 3.63) is 11.6 Å². The van der Waals surface area contributed by atoms with Crippen molar-refractivity contribution in [3.8, 4) is 0 Å². The molecular formula is C11H18. The van der Waals surface area contributed by atoms with Crippen molar-refractivity contribution in [1.29, 1.82) is 0 Å². The second-order valence-corrected chi connectivity index (χ2v) is 4.93. The van der Waals surface area contributed by atoms with E-state index in [1.54, 1.807) is 5.57 Å². The van der Waals surface area contributed by atoms with Crippen LogP contribution >= 0.6 is 0 Å². The maximum atomic E-state index is 2.45. The van der Waals surface area contributed by atoms with E-state index in [0.717, 1.165) is 17.8 Å². The summed E-state index contributed by atoms with van der Waals surface area (Å²) < 4.78 is 0. The van der Waals surface area contributed by atoms with Gasteiger partial charge in [-0.15, -0.1) is 0 Å². The van der Waals surface area contributed by atoms with Crippen molar-refractivity contribution in [1.82, 2.24) is 0 Å². The van der Waals surface area contributed by atoms with E-state index in [1.807, 2.05) is 0 Å². The van der Waals surface area contributed by atoms with Crippen LogP contribution in [0.4, 0.5) is 0 Å². The van der Waals surface area contributed by atoms with Crippen molar-refractivity contribution >= 4 is 0 Å². The molecule has 0 aliphatic heterocycles. The fourth-order valence-electron chi connectivity index (χ4n) is 3.01. The van der Waals surface area contributed by atoms with E-state index in [0.29, 0.717) is 5.41 Å². The average Bonchev–Trinajstić information content (AvgIpc) is 2.46. The predicted octanol–water partition coefficient (Wildman–Crippen LogP) is 3.24. The molecule has 0 aromatic carbocycles. The second kappa shape index (κ2) is 1.91. The molecule has 0 spiro atoms. The Hall–Kier alpha value is -0.260. The molecule has 0 nitrogen and oxygen atoms in total. The molecule has 3 unspecified atom stereocenters. The molecule has 62 valence electrons. The van der Waals surface area contributed by atoms with Gasteiger partial charge in [-0.2, -0.15) is 0 Å². The van der Waals surface area contributed by atoms with E-state index in [2.05, 4.69) is 33.8 Å². The topological polar surface area (TPSA) is 0 Å². The quantitative estimate of drug-likeness (QED) is 0.465. The fraction of sp³-hybridized carbons (Fsp3) is 0.818. The number of allylic oxidation sites excluding steroid dienone is 2. The molecule has 2 rings (SSSR count). The smallest absolute Gasteiger partial charge is 0.0198 e. The predicted molar refractivity (Wildman–Crippen MR) is 48.3 cm³/mol. The van der Waals surface area contributed by atoms with Crippen LogP contribution in [0, 0.1) is 23.2 Å². The van der Waals surface area contributed by atoms with Gasteiger partial charge >= 0.3 is 0 Å². The van der Waals surface area contributed by atoms with Crippen molar-refractivity contribution in [2.45, 2.75) is 34.1 Å². The Morgan fingerprint density at radius 3 is 2.64 bits per heavy atom. The Balaban J connectivity index is 2.22. The summed E-state index contributed by atoms with van der Waals surface area (Å²) in [4.78, 5) is 0.